The number of hydrogen-bond acceptors (Lipinski definition) is 1. The highest BCUT2D eigenvalue weighted by Crippen LogP contribution is 2.01. The lowest BCUT2D eigenvalue weighted by atomic mass is 10.1. The van der Waals surface area contributed by atoms with Crippen molar-refractivity contribution in [3.8, 4) is 0 Å². The fraction of sp³-hybridized carbons (Fsp3) is 0.750. The predicted octanol–water partition coefficient (Wildman–Crippen LogP) is 3.88. The van der Waals surface area contributed by atoms with E-state index in [0.717, 1.165) is 25.7 Å². The van der Waals surface area contributed by atoms with Crippen LogP contribution in [-0.4, -0.2) is 5.78 Å². The van der Waals surface area contributed by atoms with Crippen molar-refractivity contribution in [2.75, 3.05) is 0 Å². The second kappa shape index (κ2) is 9.50. The number of Topliss-reactive ketones (excluding diaryl/α,β-unsaturated/α-hetero) is 1. The molecule has 0 spiro atoms. The summed E-state index contributed by atoms with van der Waals surface area (Å²) in [5.74, 6) is 0.384. The number of unbranched alkanes of at least 4 members (excludes halogenated alkanes) is 3. The molecule has 0 N–H and O–H groups in total. The molecule has 0 aromatic carbocycles. The van der Waals surface area contributed by atoms with E-state index in [0.29, 0.717) is 12.2 Å². The molecule has 0 atom stereocenters. The zero-order valence-corrected chi connectivity index (χ0v) is 9.01. The Hall–Kier alpha value is -0.590. The van der Waals surface area contributed by atoms with Crippen molar-refractivity contribution in [3.63, 3.8) is 0 Å². The van der Waals surface area contributed by atoms with Gasteiger partial charge in [0, 0.05) is 12.8 Å². The maximum atomic E-state index is 11.2. The van der Waals surface area contributed by atoms with Crippen molar-refractivity contribution < 1.29 is 4.79 Å². The Morgan fingerprint density at radius 1 is 1.08 bits per heavy atom. The number of allylic oxidation sites excluding steroid dienone is 2. The molecule has 0 rings (SSSR count). The molecule has 0 heterocycles. The number of carbonyl (C=O) groups excluding carboxylic acids is 1. The normalized spacial score (nSPS) is 10.9. The van der Waals surface area contributed by atoms with Crippen LogP contribution in [0, 0.1) is 0 Å². The van der Waals surface area contributed by atoms with E-state index >= 15 is 0 Å². The first-order valence-electron chi connectivity index (χ1n) is 5.48. The van der Waals surface area contributed by atoms with Crippen LogP contribution in [0.4, 0.5) is 0 Å². The summed E-state index contributed by atoms with van der Waals surface area (Å²) in [7, 11) is 0. The average molecular weight is 182 g/mol. The van der Waals surface area contributed by atoms with Crippen LogP contribution in [-0.2, 0) is 4.79 Å². The fourth-order valence-corrected chi connectivity index (χ4v) is 1.13. The first-order chi connectivity index (χ1) is 6.31. The maximum Gasteiger partial charge on any atom is 0.136 e. The van der Waals surface area contributed by atoms with Crippen LogP contribution in [0.2, 0.25) is 0 Å². The molecule has 0 saturated heterocycles. The topological polar surface area (TPSA) is 17.1 Å². The average Bonchev–Trinajstić information content (AvgIpc) is 2.14. The second-order valence-electron chi connectivity index (χ2n) is 3.46. The monoisotopic (exact) mass is 182 g/mol. The van der Waals surface area contributed by atoms with Gasteiger partial charge in [-0.1, -0.05) is 45.3 Å². The Morgan fingerprint density at radius 2 is 1.77 bits per heavy atom. The molecule has 0 fully saturated rings. The predicted molar refractivity (Wildman–Crippen MR) is 57.8 cm³/mol. The van der Waals surface area contributed by atoms with Crippen molar-refractivity contribution in [1.82, 2.24) is 0 Å². The zero-order valence-electron chi connectivity index (χ0n) is 9.01. The van der Waals surface area contributed by atoms with Gasteiger partial charge in [0.1, 0.15) is 5.78 Å². The van der Waals surface area contributed by atoms with Gasteiger partial charge in [-0.2, -0.15) is 0 Å². The molecule has 76 valence electrons. The summed E-state index contributed by atoms with van der Waals surface area (Å²) in [6.07, 6.45) is 11.3. The molecule has 0 saturated carbocycles. The van der Waals surface area contributed by atoms with Gasteiger partial charge >= 0.3 is 0 Å². The molecule has 0 bridgehead atoms. The molecular formula is C12H22O. The van der Waals surface area contributed by atoms with Gasteiger partial charge < -0.3 is 0 Å². The standard InChI is InChI=1S/C12H22O/c1-3-5-7-8-9-11-12(13)10-6-4-2/h8-9H,3-7,10-11H2,1-2H3/b9-8+. The minimum Gasteiger partial charge on any atom is -0.299 e. The lowest BCUT2D eigenvalue weighted by Gasteiger charge is -1.94. The molecule has 0 aromatic heterocycles. The van der Waals surface area contributed by atoms with Crippen LogP contribution in [0.25, 0.3) is 0 Å². The summed E-state index contributed by atoms with van der Waals surface area (Å²) in [4.78, 5) is 11.2. The number of rotatable bonds is 8. The Bertz CT molecular complexity index is 147. The molecule has 0 unspecified atom stereocenters. The third kappa shape index (κ3) is 9.32. The molecule has 0 aromatic rings. The maximum absolute atomic E-state index is 11.2. The Kier molecular flexibility index (Phi) is 9.07. The summed E-state index contributed by atoms with van der Waals surface area (Å²) in [5.41, 5.74) is 0. The van der Waals surface area contributed by atoms with Gasteiger partial charge in [0.15, 0.2) is 0 Å². The second-order valence-corrected chi connectivity index (χ2v) is 3.46. The lowest BCUT2D eigenvalue weighted by molar-refractivity contribution is -0.118. The van der Waals surface area contributed by atoms with Gasteiger partial charge in [0.25, 0.3) is 0 Å². The Labute approximate surface area is 82.2 Å². The first kappa shape index (κ1) is 12.4. The van der Waals surface area contributed by atoms with Crippen LogP contribution in [0.3, 0.4) is 0 Å². The van der Waals surface area contributed by atoms with E-state index in [2.05, 4.69) is 19.9 Å². The van der Waals surface area contributed by atoms with Crippen LogP contribution in [0.15, 0.2) is 12.2 Å². The van der Waals surface area contributed by atoms with Crippen LogP contribution in [0.1, 0.15) is 58.8 Å². The van der Waals surface area contributed by atoms with Crippen molar-refractivity contribution in [3.05, 3.63) is 12.2 Å². The number of ketones is 1. The number of carbonyl (C=O) groups is 1. The Morgan fingerprint density at radius 3 is 2.38 bits per heavy atom. The highest BCUT2D eigenvalue weighted by Gasteiger charge is 1.96. The van der Waals surface area contributed by atoms with Gasteiger partial charge in [0.2, 0.25) is 0 Å². The van der Waals surface area contributed by atoms with E-state index in [-0.39, 0.29) is 0 Å². The van der Waals surface area contributed by atoms with E-state index < -0.39 is 0 Å². The molecule has 0 aliphatic heterocycles. The SMILES string of the molecule is CCCC/C=C/CC(=O)CCCC. The van der Waals surface area contributed by atoms with Gasteiger partial charge in [-0.25, -0.2) is 0 Å². The molecule has 1 nitrogen and oxygen atoms in total. The molecule has 0 radical (unpaired) electrons. The van der Waals surface area contributed by atoms with Crippen molar-refractivity contribution in [2.24, 2.45) is 0 Å². The van der Waals surface area contributed by atoms with E-state index in [1.807, 2.05) is 6.08 Å². The summed E-state index contributed by atoms with van der Waals surface area (Å²) in [5, 5.41) is 0. The van der Waals surface area contributed by atoms with Crippen molar-refractivity contribution in [1.29, 1.82) is 0 Å². The molecule has 0 amide bonds. The molecule has 0 aliphatic carbocycles. The van der Waals surface area contributed by atoms with E-state index in [4.69, 9.17) is 0 Å². The van der Waals surface area contributed by atoms with Gasteiger partial charge in [-0.3, -0.25) is 4.79 Å². The van der Waals surface area contributed by atoms with E-state index in [9.17, 15) is 4.79 Å². The fourth-order valence-electron chi connectivity index (χ4n) is 1.13. The minimum atomic E-state index is 0.384. The third-order valence-electron chi connectivity index (χ3n) is 2.05. The summed E-state index contributed by atoms with van der Waals surface area (Å²) >= 11 is 0. The van der Waals surface area contributed by atoms with E-state index in [1.165, 1.54) is 12.8 Å². The van der Waals surface area contributed by atoms with Crippen LogP contribution >= 0.6 is 0 Å². The highest BCUT2D eigenvalue weighted by molar-refractivity contribution is 5.79. The zero-order chi connectivity index (χ0) is 9.94. The third-order valence-corrected chi connectivity index (χ3v) is 2.05. The van der Waals surface area contributed by atoms with Crippen LogP contribution in [0.5, 0.6) is 0 Å². The summed E-state index contributed by atoms with van der Waals surface area (Å²) in [6, 6.07) is 0. The Balaban J connectivity index is 3.29. The van der Waals surface area contributed by atoms with Gasteiger partial charge in [-0.15, -0.1) is 0 Å². The van der Waals surface area contributed by atoms with Crippen LogP contribution < -0.4 is 0 Å². The van der Waals surface area contributed by atoms with Crippen molar-refractivity contribution in [2.45, 2.75) is 58.8 Å². The molecular weight excluding hydrogens is 160 g/mol. The van der Waals surface area contributed by atoms with E-state index in [1.54, 1.807) is 0 Å². The molecule has 1 heteroatoms. The first-order valence-corrected chi connectivity index (χ1v) is 5.48. The molecule has 13 heavy (non-hydrogen) atoms. The molecule has 0 aliphatic rings. The smallest absolute Gasteiger partial charge is 0.136 e. The van der Waals surface area contributed by atoms with Gasteiger partial charge in [-0.05, 0) is 12.8 Å². The summed E-state index contributed by atoms with van der Waals surface area (Å²) in [6.45, 7) is 4.30. The summed E-state index contributed by atoms with van der Waals surface area (Å²) < 4.78 is 0. The number of hydrogen-bond donors (Lipinski definition) is 0. The highest BCUT2D eigenvalue weighted by atomic mass is 16.1. The minimum absolute atomic E-state index is 0.384. The largest absolute Gasteiger partial charge is 0.299 e. The quantitative estimate of drug-likeness (QED) is 0.411. The lowest BCUT2D eigenvalue weighted by Crippen LogP contribution is -1.94. The van der Waals surface area contributed by atoms with Crippen molar-refractivity contribution >= 4 is 5.78 Å². The van der Waals surface area contributed by atoms with Gasteiger partial charge in [0.05, 0.1) is 0 Å².